The highest BCUT2D eigenvalue weighted by Gasteiger charge is 2.44. The van der Waals surface area contributed by atoms with Crippen LogP contribution < -0.4 is 10.6 Å². The minimum absolute atomic E-state index is 0.0803. The minimum atomic E-state index is -0.475. The molecule has 0 saturated heterocycles. The Morgan fingerprint density at radius 1 is 1.06 bits per heavy atom. The standard InChI is InChI=1S/C28H24BrN3O/c1-28(2)14-23-26(24(33)15-28)25(18-9-5-10-19(29)13-18)21(16-30)27(31)32(23)22-12-6-8-17-7-3-4-11-20(17)22/h3-13,25H,14-15,31H2,1-2H3. The summed E-state index contributed by atoms with van der Waals surface area (Å²) in [5.41, 5.74) is 10.4. The van der Waals surface area contributed by atoms with Crippen molar-refractivity contribution in [3.63, 3.8) is 0 Å². The quantitative estimate of drug-likeness (QED) is 0.436. The van der Waals surface area contributed by atoms with Gasteiger partial charge in [0.25, 0.3) is 0 Å². The maximum Gasteiger partial charge on any atom is 0.162 e. The van der Waals surface area contributed by atoms with Crippen LogP contribution in [0.3, 0.4) is 0 Å². The Bertz CT molecular complexity index is 1400. The van der Waals surface area contributed by atoms with Crippen LogP contribution in [0.25, 0.3) is 10.8 Å². The van der Waals surface area contributed by atoms with E-state index in [0.29, 0.717) is 29.8 Å². The van der Waals surface area contributed by atoms with Crippen molar-refractivity contribution < 1.29 is 4.79 Å². The summed E-state index contributed by atoms with van der Waals surface area (Å²) < 4.78 is 0.901. The fraction of sp³-hybridized carbons (Fsp3) is 0.214. The summed E-state index contributed by atoms with van der Waals surface area (Å²) >= 11 is 3.54. The van der Waals surface area contributed by atoms with Gasteiger partial charge >= 0.3 is 0 Å². The van der Waals surface area contributed by atoms with E-state index in [2.05, 4.69) is 54.0 Å². The van der Waals surface area contributed by atoms with Gasteiger partial charge in [0.05, 0.1) is 23.2 Å². The number of carbonyl (C=O) groups is 1. The van der Waals surface area contributed by atoms with E-state index >= 15 is 0 Å². The number of anilines is 1. The second-order valence-electron chi connectivity index (χ2n) is 9.53. The smallest absolute Gasteiger partial charge is 0.162 e. The maximum atomic E-state index is 13.7. The first-order valence-corrected chi connectivity index (χ1v) is 11.8. The summed E-state index contributed by atoms with van der Waals surface area (Å²) in [6, 6.07) is 24.3. The zero-order valence-corrected chi connectivity index (χ0v) is 20.2. The van der Waals surface area contributed by atoms with Crippen LogP contribution in [0.1, 0.15) is 38.2 Å². The summed E-state index contributed by atoms with van der Waals surface area (Å²) in [6.45, 7) is 4.23. The lowest BCUT2D eigenvalue weighted by Gasteiger charge is -2.44. The van der Waals surface area contributed by atoms with Crippen molar-refractivity contribution in [3.8, 4) is 6.07 Å². The van der Waals surface area contributed by atoms with Crippen molar-refractivity contribution in [3.05, 3.63) is 99.4 Å². The van der Waals surface area contributed by atoms with E-state index in [1.807, 2.05) is 53.4 Å². The Labute approximate surface area is 202 Å². The third-order valence-corrected chi connectivity index (χ3v) is 7.06. The lowest BCUT2D eigenvalue weighted by Crippen LogP contribution is -2.42. The zero-order valence-electron chi connectivity index (χ0n) is 18.6. The molecule has 2 N–H and O–H groups in total. The van der Waals surface area contributed by atoms with Crippen molar-refractivity contribution in [1.29, 1.82) is 5.26 Å². The molecule has 0 aromatic heterocycles. The van der Waals surface area contributed by atoms with Crippen molar-refractivity contribution >= 4 is 38.2 Å². The zero-order chi connectivity index (χ0) is 23.3. The molecule has 3 aromatic rings. The predicted molar refractivity (Wildman–Crippen MR) is 135 cm³/mol. The lowest BCUT2D eigenvalue weighted by molar-refractivity contribution is -0.118. The third-order valence-electron chi connectivity index (χ3n) is 6.57. The molecule has 2 aliphatic rings. The number of allylic oxidation sites excluding steroid dienone is 3. The number of carbonyl (C=O) groups excluding carboxylic acids is 1. The molecule has 1 aliphatic heterocycles. The predicted octanol–water partition coefficient (Wildman–Crippen LogP) is 6.54. The Hall–Kier alpha value is -3.36. The molecule has 0 radical (unpaired) electrons. The number of hydrogen-bond donors (Lipinski definition) is 1. The Kier molecular flexibility index (Phi) is 5.14. The number of nitriles is 1. The molecular weight excluding hydrogens is 474 g/mol. The van der Waals surface area contributed by atoms with Crippen molar-refractivity contribution in [2.75, 3.05) is 4.90 Å². The van der Waals surface area contributed by atoms with Gasteiger partial charge in [-0.05, 0) is 41.0 Å². The fourth-order valence-corrected chi connectivity index (χ4v) is 5.62. The van der Waals surface area contributed by atoms with E-state index in [1.165, 1.54) is 0 Å². The SMILES string of the molecule is CC1(C)CC(=O)C2=C(C1)N(c1cccc3ccccc13)C(N)=C(C#N)C2c1cccc(Br)c1. The number of rotatable bonds is 2. The van der Waals surface area contributed by atoms with Crippen LogP contribution in [-0.2, 0) is 4.79 Å². The van der Waals surface area contributed by atoms with E-state index in [9.17, 15) is 10.1 Å². The molecule has 0 spiro atoms. The second kappa shape index (κ2) is 7.90. The molecule has 5 heteroatoms. The van der Waals surface area contributed by atoms with Gasteiger partial charge < -0.3 is 5.73 Å². The van der Waals surface area contributed by atoms with E-state index in [0.717, 1.165) is 32.2 Å². The molecular formula is C28H24BrN3O. The number of benzene rings is 3. The molecule has 1 unspecified atom stereocenters. The second-order valence-corrected chi connectivity index (χ2v) is 10.4. The summed E-state index contributed by atoms with van der Waals surface area (Å²) in [5, 5.41) is 12.4. The largest absolute Gasteiger partial charge is 0.384 e. The number of hydrogen-bond acceptors (Lipinski definition) is 4. The highest BCUT2D eigenvalue weighted by Crippen LogP contribution is 2.51. The normalized spacial score (nSPS) is 20.1. The molecule has 3 aromatic carbocycles. The van der Waals surface area contributed by atoms with Gasteiger partial charge in [-0.1, -0.05) is 78.3 Å². The number of nitrogens with two attached hydrogens (primary N) is 1. The molecule has 164 valence electrons. The molecule has 1 atom stereocenters. The minimum Gasteiger partial charge on any atom is -0.384 e. The van der Waals surface area contributed by atoms with Crippen LogP contribution >= 0.6 is 15.9 Å². The molecule has 1 aliphatic carbocycles. The average Bonchev–Trinajstić information content (AvgIpc) is 2.77. The van der Waals surface area contributed by atoms with Crippen molar-refractivity contribution in [1.82, 2.24) is 0 Å². The molecule has 4 nitrogen and oxygen atoms in total. The van der Waals surface area contributed by atoms with E-state index in [-0.39, 0.29) is 11.2 Å². The van der Waals surface area contributed by atoms with Gasteiger partial charge in [-0.25, -0.2) is 0 Å². The Morgan fingerprint density at radius 2 is 1.79 bits per heavy atom. The number of halogens is 1. The third kappa shape index (κ3) is 3.55. The molecule has 5 rings (SSSR count). The van der Waals surface area contributed by atoms with Gasteiger partial charge in [0, 0.05) is 27.5 Å². The van der Waals surface area contributed by atoms with E-state index in [4.69, 9.17) is 5.73 Å². The topological polar surface area (TPSA) is 70.1 Å². The summed E-state index contributed by atoms with van der Waals surface area (Å²) in [7, 11) is 0. The number of fused-ring (bicyclic) bond motifs is 1. The van der Waals surface area contributed by atoms with Crippen LogP contribution in [0, 0.1) is 16.7 Å². The van der Waals surface area contributed by atoms with E-state index < -0.39 is 5.92 Å². The van der Waals surface area contributed by atoms with Gasteiger partial charge in [0.1, 0.15) is 5.82 Å². The van der Waals surface area contributed by atoms with Crippen LogP contribution in [0.15, 0.2) is 93.9 Å². The summed E-state index contributed by atoms with van der Waals surface area (Å²) in [4.78, 5) is 15.6. The number of ketones is 1. The van der Waals surface area contributed by atoms with Crippen molar-refractivity contribution in [2.24, 2.45) is 11.1 Å². The number of nitrogens with zero attached hydrogens (tertiary/aromatic N) is 2. The van der Waals surface area contributed by atoms with Gasteiger partial charge in [-0.3, -0.25) is 9.69 Å². The van der Waals surface area contributed by atoms with Crippen LogP contribution in [0.4, 0.5) is 5.69 Å². The molecule has 33 heavy (non-hydrogen) atoms. The first-order chi connectivity index (χ1) is 15.8. The monoisotopic (exact) mass is 497 g/mol. The van der Waals surface area contributed by atoms with Gasteiger partial charge in [0.2, 0.25) is 0 Å². The number of Topliss-reactive ketones (excluding diaryl/α,β-unsaturated/α-hetero) is 1. The molecule has 1 heterocycles. The average molecular weight is 498 g/mol. The first kappa shape index (κ1) is 21.5. The summed E-state index contributed by atoms with van der Waals surface area (Å²) in [6.07, 6.45) is 1.14. The van der Waals surface area contributed by atoms with Crippen LogP contribution in [-0.4, -0.2) is 5.78 Å². The molecule has 0 fully saturated rings. The molecule has 0 saturated carbocycles. The van der Waals surface area contributed by atoms with Crippen molar-refractivity contribution in [2.45, 2.75) is 32.6 Å². The first-order valence-electron chi connectivity index (χ1n) is 11.0. The Balaban J connectivity index is 1.83. The van der Waals surface area contributed by atoms with Gasteiger partial charge in [-0.15, -0.1) is 0 Å². The van der Waals surface area contributed by atoms with E-state index in [1.54, 1.807) is 0 Å². The molecule has 0 bridgehead atoms. The van der Waals surface area contributed by atoms with Gasteiger partial charge in [-0.2, -0.15) is 5.26 Å². The highest BCUT2D eigenvalue weighted by molar-refractivity contribution is 9.10. The highest BCUT2D eigenvalue weighted by atomic mass is 79.9. The fourth-order valence-electron chi connectivity index (χ4n) is 5.21. The van der Waals surface area contributed by atoms with Crippen LogP contribution in [0.2, 0.25) is 0 Å². The van der Waals surface area contributed by atoms with Gasteiger partial charge in [0.15, 0.2) is 5.78 Å². The maximum absolute atomic E-state index is 13.7. The summed E-state index contributed by atoms with van der Waals surface area (Å²) in [5.74, 6) is -0.00267. The lowest BCUT2D eigenvalue weighted by atomic mass is 9.68. The molecule has 0 amide bonds. The Morgan fingerprint density at radius 3 is 2.55 bits per heavy atom. The van der Waals surface area contributed by atoms with Crippen LogP contribution in [0.5, 0.6) is 0 Å².